The number of carboxylic acid groups (broad SMARTS) is 1. The van der Waals surface area contributed by atoms with E-state index in [1.807, 2.05) is 0 Å². The normalized spacial score (nSPS) is 11.8. The molecule has 0 amide bonds. The van der Waals surface area contributed by atoms with E-state index in [4.69, 9.17) is 5.11 Å². The third kappa shape index (κ3) is 4.56. The molecule has 0 aliphatic rings. The fourth-order valence-corrected chi connectivity index (χ4v) is 2.44. The number of benzene rings is 1. The van der Waals surface area contributed by atoms with Gasteiger partial charge in [0.05, 0.1) is 12.2 Å². The first-order valence-electron chi connectivity index (χ1n) is 5.32. The summed E-state index contributed by atoms with van der Waals surface area (Å²) in [5.41, 5.74) is 0.0165. The van der Waals surface area contributed by atoms with E-state index in [1.165, 1.54) is 7.05 Å². The molecule has 0 saturated carbocycles. The average molecular weight is 293 g/mol. The van der Waals surface area contributed by atoms with Crippen LogP contribution >= 0.6 is 0 Å². The number of carboxylic acids is 1. The number of halogens is 2. The van der Waals surface area contributed by atoms with Crippen LogP contribution in [0.15, 0.2) is 18.2 Å². The van der Waals surface area contributed by atoms with Crippen molar-refractivity contribution in [3.8, 4) is 0 Å². The number of rotatable bonds is 6. The second kappa shape index (κ2) is 6.07. The molecule has 0 spiro atoms. The van der Waals surface area contributed by atoms with Gasteiger partial charge in [-0.05, 0) is 6.07 Å². The third-order valence-corrected chi connectivity index (χ3v) is 4.26. The van der Waals surface area contributed by atoms with E-state index < -0.39 is 39.8 Å². The predicted molar refractivity (Wildman–Crippen MR) is 63.9 cm³/mol. The van der Waals surface area contributed by atoms with Crippen LogP contribution in [0.2, 0.25) is 0 Å². The van der Waals surface area contributed by atoms with E-state index in [2.05, 4.69) is 0 Å². The van der Waals surface area contributed by atoms with Crippen molar-refractivity contribution in [3.05, 3.63) is 35.4 Å². The van der Waals surface area contributed by atoms with Crippen LogP contribution in [0.4, 0.5) is 8.78 Å². The Labute approximate surface area is 109 Å². The quantitative estimate of drug-likeness (QED) is 0.855. The van der Waals surface area contributed by atoms with Crippen LogP contribution in [0.5, 0.6) is 0 Å². The summed E-state index contributed by atoms with van der Waals surface area (Å²) in [7, 11) is -2.58. The van der Waals surface area contributed by atoms with Gasteiger partial charge >= 0.3 is 5.97 Å². The van der Waals surface area contributed by atoms with Crippen molar-refractivity contribution < 1.29 is 27.1 Å². The van der Waals surface area contributed by atoms with Crippen molar-refractivity contribution in [2.24, 2.45) is 0 Å². The molecule has 0 fully saturated rings. The zero-order valence-corrected chi connectivity index (χ0v) is 11.0. The highest BCUT2D eigenvalue weighted by molar-refractivity contribution is 7.89. The van der Waals surface area contributed by atoms with Gasteiger partial charge in [0.25, 0.3) is 0 Å². The monoisotopic (exact) mass is 293 g/mol. The molecule has 0 heterocycles. The van der Waals surface area contributed by atoms with E-state index in [9.17, 15) is 22.0 Å². The van der Waals surface area contributed by atoms with Gasteiger partial charge in [-0.25, -0.2) is 21.5 Å². The Balaban J connectivity index is 2.78. The van der Waals surface area contributed by atoms with Crippen LogP contribution in [-0.4, -0.2) is 36.6 Å². The number of sulfonamides is 1. The Kier molecular flexibility index (Phi) is 4.96. The smallest absolute Gasteiger partial charge is 0.304 e. The van der Waals surface area contributed by atoms with Gasteiger partial charge < -0.3 is 5.11 Å². The Hall–Kier alpha value is -1.54. The lowest BCUT2D eigenvalue weighted by Crippen LogP contribution is -2.30. The summed E-state index contributed by atoms with van der Waals surface area (Å²) >= 11 is 0. The first kappa shape index (κ1) is 15.5. The van der Waals surface area contributed by atoms with Crippen molar-refractivity contribution in [2.75, 3.05) is 12.8 Å². The lowest BCUT2D eigenvalue weighted by molar-refractivity contribution is -0.136. The van der Waals surface area contributed by atoms with Crippen LogP contribution in [0, 0.1) is 11.6 Å². The van der Waals surface area contributed by atoms with E-state index in [0.717, 1.165) is 16.4 Å². The minimum absolute atomic E-state index is 0.0165. The first-order valence-corrected chi connectivity index (χ1v) is 6.93. The van der Waals surface area contributed by atoms with Gasteiger partial charge in [0, 0.05) is 25.2 Å². The van der Waals surface area contributed by atoms with Gasteiger partial charge in [0.2, 0.25) is 10.0 Å². The van der Waals surface area contributed by atoms with Crippen molar-refractivity contribution in [2.45, 2.75) is 13.0 Å². The molecular formula is C11H13F2NO4S. The molecule has 0 saturated heterocycles. The summed E-state index contributed by atoms with van der Waals surface area (Å²) in [6.45, 7) is -0.284. The molecule has 1 aromatic rings. The van der Waals surface area contributed by atoms with Crippen LogP contribution < -0.4 is 0 Å². The predicted octanol–water partition coefficient (Wildman–Crippen LogP) is 1.20. The fraction of sp³-hybridized carbons (Fsp3) is 0.364. The molecule has 0 aromatic heterocycles. The maximum Gasteiger partial charge on any atom is 0.304 e. The van der Waals surface area contributed by atoms with E-state index in [-0.39, 0.29) is 12.1 Å². The largest absolute Gasteiger partial charge is 0.481 e. The van der Waals surface area contributed by atoms with E-state index in [0.29, 0.717) is 6.07 Å². The Morgan fingerprint density at radius 1 is 1.37 bits per heavy atom. The van der Waals surface area contributed by atoms with Crippen LogP contribution in [-0.2, 0) is 21.4 Å². The lowest BCUT2D eigenvalue weighted by Gasteiger charge is -2.17. The van der Waals surface area contributed by atoms with Gasteiger partial charge in [0.15, 0.2) is 0 Å². The van der Waals surface area contributed by atoms with E-state index >= 15 is 0 Å². The Bertz CT molecular complexity index is 574. The Morgan fingerprint density at radius 3 is 2.53 bits per heavy atom. The number of hydrogen-bond acceptors (Lipinski definition) is 3. The zero-order chi connectivity index (χ0) is 14.6. The van der Waals surface area contributed by atoms with Gasteiger partial charge in [-0.15, -0.1) is 0 Å². The maximum absolute atomic E-state index is 13.4. The molecule has 19 heavy (non-hydrogen) atoms. The highest BCUT2D eigenvalue weighted by Crippen LogP contribution is 2.13. The molecule has 0 aliphatic heterocycles. The second-order valence-electron chi connectivity index (χ2n) is 3.95. The van der Waals surface area contributed by atoms with Gasteiger partial charge in [-0.1, -0.05) is 6.07 Å². The summed E-state index contributed by atoms with van der Waals surface area (Å²) < 4.78 is 50.3. The zero-order valence-electron chi connectivity index (χ0n) is 10.1. The molecule has 0 aliphatic carbocycles. The average Bonchev–Trinajstić information content (AvgIpc) is 2.30. The molecule has 1 aromatic carbocycles. The molecule has 106 valence electrons. The standard InChI is InChI=1S/C11H13F2NO4S/c1-14(19(17,18)5-4-11(15)16)7-8-2-3-9(12)6-10(8)13/h2-3,6H,4-5,7H2,1H3,(H,15,16). The SMILES string of the molecule is CN(Cc1ccc(F)cc1F)S(=O)(=O)CCC(=O)O. The van der Waals surface area contributed by atoms with Crippen molar-refractivity contribution in [1.82, 2.24) is 4.31 Å². The summed E-state index contributed by atoms with van der Waals surface area (Å²) in [6.07, 6.45) is -0.529. The molecular weight excluding hydrogens is 280 g/mol. The first-order chi connectivity index (χ1) is 8.72. The van der Waals surface area contributed by atoms with Crippen molar-refractivity contribution in [3.63, 3.8) is 0 Å². The Morgan fingerprint density at radius 2 is 2.00 bits per heavy atom. The second-order valence-corrected chi connectivity index (χ2v) is 6.15. The fourth-order valence-electron chi connectivity index (χ4n) is 1.36. The maximum atomic E-state index is 13.4. The molecule has 8 heteroatoms. The minimum atomic E-state index is -3.79. The summed E-state index contributed by atoms with van der Waals surface area (Å²) in [5, 5.41) is 8.44. The third-order valence-electron chi connectivity index (χ3n) is 2.46. The van der Waals surface area contributed by atoms with Crippen LogP contribution in [0.1, 0.15) is 12.0 Å². The molecule has 0 radical (unpaired) electrons. The number of carbonyl (C=O) groups is 1. The van der Waals surface area contributed by atoms with Gasteiger partial charge in [-0.2, -0.15) is 0 Å². The number of nitrogens with zero attached hydrogens (tertiary/aromatic N) is 1. The number of hydrogen-bond donors (Lipinski definition) is 1. The molecule has 5 nitrogen and oxygen atoms in total. The number of aliphatic carboxylic acids is 1. The topological polar surface area (TPSA) is 74.7 Å². The summed E-state index contributed by atoms with van der Waals surface area (Å²) in [6, 6.07) is 2.83. The van der Waals surface area contributed by atoms with Gasteiger partial charge in [0.1, 0.15) is 11.6 Å². The molecule has 1 rings (SSSR count). The van der Waals surface area contributed by atoms with Crippen molar-refractivity contribution >= 4 is 16.0 Å². The van der Waals surface area contributed by atoms with Gasteiger partial charge in [-0.3, -0.25) is 4.79 Å². The van der Waals surface area contributed by atoms with Crippen molar-refractivity contribution in [1.29, 1.82) is 0 Å². The summed E-state index contributed by atoms with van der Waals surface area (Å²) in [5.74, 6) is -3.40. The molecule has 0 bridgehead atoms. The van der Waals surface area contributed by atoms with Crippen LogP contribution in [0.3, 0.4) is 0 Å². The highest BCUT2D eigenvalue weighted by Gasteiger charge is 2.20. The summed E-state index contributed by atoms with van der Waals surface area (Å²) in [4.78, 5) is 10.3. The highest BCUT2D eigenvalue weighted by atomic mass is 32.2. The molecule has 0 atom stereocenters. The lowest BCUT2D eigenvalue weighted by atomic mass is 10.2. The van der Waals surface area contributed by atoms with Crippen LogP contribution in [0.25, 0.3) is 0 Å². The molecule has 1 N–H and O–H groups in total. The van der Waals surface area contributed by atoms with E-state index in [1.54, 1.807) is 0 Å². The molecule has 0 unspecified atom stereocenters. The minimum Gasteiger partial charge on any atom is -0.481 e.